The van der Waals surface area contributed by atoms with E-state index in [0.29, 0.717) is 29.0 Å². The molecule has 0 saturated carbocycles. The van der Waals surface area contributed by atoms with Crippen molar-refractivity contribution in [2.45, 2.75) is 25.9 Å². The van der Waals surface area contributed by atoms with Gasteiger partial charge in [-0.25, -0.2) is 14.2 Å². The average Bonchev–Trinajstić information content (AvgIpc) is 3.62. The van der Waals surface area contributed by atoms with E-state index in [2.05, 4.69) is 25.3 Å². The Kier molecular flexibility index (Phi) is 4.50. The number of H-pyrrole nitrogens is 1. The zero-order valence-corrected chi connectivity index (χ0v) is 17.8. The molecule has 5 aromatic heterocycles. The highest BCUT2D eigenvalue weighted by Crippen LogP contribution is 2.34. The van der Waals surface area contributed by atoms with Crippen LogP contribution >= 0.6 is 0 Å². The van der Waals surface area contributed by atoms with Gasteiger partial charge in [0.2, 0.25) is 0 Å². The quantitative estimate of drug-likeness (QED) is 0.433. The number of imidazole rings is 1. The maximum atomic E-state index is 13.5. The number of amides is 1. The van der Waals surface area contributed by atoms with Crippen LogP contribution in [0.2, 0.25) is 0 Å². The highest BCUT2D eigenvalue weighted by Gasteiger charge is 2.38. The van der Waals surface area contributed by atoms with Crippen LogP contribution in [0.15, 0.2) is 47.4 Å². The summed E-state index contributed by atoms with van der Waals surface area (Å²) in [5, 5.41) is 16.0. The summed E-state index contributed by atoms with van der Waals surface area (Å²) in [7, 11) is 0. The first-order valence-electron chi connectivity index (χ1n) is 10.4. The van der Waals surface area contributed by atoms with Crippen LogP contribution in [0.5, 0.6) is 0 Å². The summed E-state index contributed by atoms with van der Waals surface area (Å²) >= 11 is 0. The molecule has 5 aromatic rings. The minimum atomic E-state index is -2.80. The van der Waals surface area contributed by atoms with Gasteiger partial charge < -0.3 is 14.3 Å². The first kappa shape index (κ1) is 20.2. The van der Waals surface area contributed by atoms with Crippen LogP contribution in [-0.4, -0.2) is 56.9 Å². The zero-order valence-electron chi connectivity index (χ0n) is 17.8. The molecule has 0 bridgehead atoms. The van der Waals surface area contributed by atoms with Crippen LogP contribution in [0.1, 0.15) is 46.1 Å². The van der Waals surface area contributed by atoms with Crippen LogP contribution in [0, 0.1) is 6.92 Å². The number of alkyl halides is 2. The summed E-state index contributed by atoms with van der Waals surface area (Å²) in [6.45, 7) is -0.486. The van der Waals surface area contributed by atoms with E-state index in [1.807, 2.05) is 35.7 Å². The normalized spacial score (nSPS) is 15.9. The molecule has 1 N–H and O–H groups in total. The molecule has 0 spiro atoms. The minimum Gasteiger partial charge on any atom is -0.412 e. The van der Waals surface area contributed by atoms with Gasteiger partial charge in [-0.3, -0.25) is 4.79 Å². The van der Waals surface area contributed by atoms with Gasteiger partial charge in [0.05, 0.1) is 35.0 Å². The van der Waals surface area contributed by atoms with E-state index in [9.17, 15) is 13.6 Å². The Hall–Kier alpha value is -4.42. The largest absolute Gasteiger partial charge is 0.412 e. The van der Waals surface area contributed by atoms with Gasteiger partial charge in [0.15, 0.2) is 0 Å². The van der Waals surface area contributed by atoms with Crippen molar-refractivity contribution in [2.24, 2.45) is 0 Å². The zero-order chi connectivity index (χ0) is 23.4. The van der Waals surface area contributed by atoms with Crippen molar-refractivity contribution in [2.75, 3.05) is 6.54 Å². The highest BCUT2D eigenvalue weighted by atomic mass is 19.3. The van der Waals surface area contributed by atoms with E-state index in [1.54, 1.807) is 11.2 Å². The number of hydrogen-bond donors (Lipinski definition) is 1. The number of rotatable bonds is 4. The molecule has 0 unspecified atom stereocenters. The average molecular weight is 465 g/mol. The molecule has 1 aliphatic heterocycles. The number of nitrogens with one attached hydrogen (secondary N) is 1. The number of nitrogens with zero attached hydrogens (tertiary/aromatic N) is 8. The lowest BCUT2D eigenvalue weighted by molar-refractivity contribution is 0.0566. The van der Waals surface area contributed by atoms with Crippen molar-refractivity contribution >= 4 is 11.4 Å². The van der Waals surface area contributed by atoms with Crippen LogP contribution in [0.3, 0.4) is 0 Å². The standard InChI is InChI=1S/C21H17F2N9O2/c1-11-3-2-4-13-7-15(29-32(11)13)17-16-14(24-10-25-16)5-6-30(17)20(33)19-28-27-18(34-19)12-8-26-31(9-12)21(22)23/h2-4,7-10,17,21H,5-6H2,1H3,(H,24,25)/t17-/m1/s1. The Labute approximate surface area is 190 Å². The van der Waals surface area contributed by atoms with E-state index in [4.69, 9.17) is 9.52 Å². The van der Waals surface area contributed by atoms with Gasteiger partial charge in [-0.2, -0.15) is 19.0 Å². The third kappa shape index (κ3) is 3.16. The van der Waals surface area contributed by atoms with Crippen molar-refractivity contribution < 1.29 is 18.0 Å². The lowest BCUT2D eigenvalue weighted by Gasteiger charge is -2.32. The first-order valence-corrected chi connectivity index (χ1v) is 10.4. The Bertz CT molecular complexity index is 1520. The van der Waals surface area contributed by atoms with Gasteiger partial charge in [0.1, 0.15) is 6.04 Å². The number of carbonyl (C=O) groups excluding carboxylic acids is 1. The number of pyridine rings is 1. The molecule has 6 heterocycles. The van der Waals surface area contributed by atoms with Crippen molar-refractivity contribution in [3.63, 3.8) is 0 Å². The number of carbonyl (C=O) groups is 1. The third-order valence-corrected chi connectivity index (χ3v) is 5.82. The van der Waals surface area contributed by atoms with E-state index >= 15 is 0 Å². The van der Waals surface area contributed by atoms with Crippen LogP contribution in [0.4, 0.5) is 8.78 Å². The Morgan fingerprint density at radius 2 is 2.18 bits per heavy atom. The topological polar surface area (TPSA) is 123 Å². The molecule has 1 atom stereocenters. The molecule has 0 saturated heterocycles. The molecule has 13 heteroatoms. The maximum absolute atomic E-state index is 13.5. The predicted octanol–water partition coefficient (Wildman–Crippen LogP) is 2.80. The molecule has 1 amide bonds. The molecule has 0 aromatic carbocycles. The molecule has 0 radical (unpaired) electrons. The molecule has 11 nitrogen and oxygen atoms in total. The van der Waals surface area contributed by atoms with E-state index in [0.717, 1.165) is 23.1 Å². The summed E-state index contributed by atoms with van der Waals surface area (Å²) < 4.78 is 33.5. The molecular weight excluding hydrogens is 448 g/mol. The second-order valence-corrected chi connectivity index (χ2v) is 7.89. The molecule has 172 valence electrons. The second-order valence-electron chi connectivity index (χ2n) is 7.89. The van der Waals surface area contributed by atoms with Crippen LogP contribution in [-0.2, 0) is 6.42 Å². The van der Waals surface area contributed by atoms with Gasteiger partial charge >= 0.3 is 18.3 Å². The van der Waals surface area contributed by atoms with Gasteiger partial charge in [0, 0.05) is 30.6 Å². The molecule has 34 heavy (non-hydrogen) atoms. The summed E-state index contributed by atoms with van der Waals surface area (Å²) in [6, 6.07) is 7.17. The minimum absolute atomic E-state index is 0.0763. The molecular formula is C21H17F2N9O2. The summed E-state index contributed by atoms with van der Waals surface area (Å²) in [5.41, 5.74) is 4.29. The van der Waals surface area contributed by atoms with E-state index in [-0.39, 0.29) is 17.3 Å². The summed E-state index contributed by atoms with van der Waals surface area (Å²) in [4.78, 5) is 22.6. The lowest BCUT2D eigenvalue weighted by atomic mass is 9.99. The van der Waals surface area contributed by atoms with Gasteiger partial charge in [0.25, 0.3) is 5.89 Å². The molecule has 0 aliphatic carbocycles. The number of fused-ring (bicyclic) bond motifs is 2. The summed E-state index contributed by atoms with van der Waals surface area (Å²) in [6.07, 6.45) is 4.40. The first-order chi connectivity index (χ1) is 16.5. The smallest absolute Gasteiger partial charge is 0.333 e. The van der Waals surface area contributed by atoms with E-state index < -0.39 is 18.5 Å². The van der Waals surface area contributed by atoms with Crippen molar-refractivity contribution in [3.8, 4) is 11.5 Å². The summed E-state index contributed by atoms with van der Waals surface area (Å²) in [5.74, 6) is -0.844. The molecule has 6 rings (SSSR count). The van der Waals surface area contributed by atoms with Gasteiger partial charge in [-0.1, -0.05) is 6.07 Å². The van der Waals surface area contributed by atoms with Gasteiger partial charge in [-0.15, -0.1) is 10.2 Å². The maximum Gasteiger partial charge on any atom is 0.333 e. The number of aromatic nitrogens is 8. The monoisotopic (exact) mass is 465 g/mol. The SMILES string of the molecule is Cc1cccc2cc([C@@H]3c4nc[nH]c4CCN3C(=O)c3nnc(-c4cnn(C(F)F)c4)o3)nn12. The molecule has 1 aliphatic rings. The fourth-order valence-electron chi connectivity index (χ4n) is 4.21. The Balaban J connectivity index is 1.37. The van der Waals surface area contributed by atoms with Crippen LogP contribution in [0.25, 0.3) is 17.0 Å². The predicted molar refractivity (Wildman–Crippen MR) is 112 cm³/mol. The van der Waals surface area contributed by atoms with Crippen LogP contribution < -0.4 is 0 Å². The number of aromatic amines is 1. The van der Waals surface area contributed by atoms with Crippen molar-refractivity contribution in [1.82, 2.24) is 44.5 Å². The van der Waals surface area contributed by atoms with Gasteiger partial charge in [-0.05, 0) is 25.1 Å². The van der Waals surface area contributed by atoms with Crippen molar-refractivity contribution in [3.05, 3.63) is 71.7 Å². The number of halogens is 2. The fraction of sp³-hybridized carbons (Fsp3) is 0.238. The second kappa shape index (κ2) is 7.57. The Morgan fingerprint density at radius 1 is 1.29 bits per heavy atom. The molecule has 0 fully saturated rings. The Morgan fingerprint density at radius 3 is 2.97 bits per heavy atom. The fourth-order valence-corrected chi connectivity index (χ4v) is 4.21. The number of aryl methyl sites for hydroxylation is 1. The third-order valence-electron chi connectivity index (χ3n) is 5.82. The highest BCUT2D eigenvalue weighted by molar-refractivity contribution is 5.90. The van der Waals surface area contributed by atoms with Crippen molar-refractivity contribution in [1.29, 1.82) is 0 Å². The lowest BCUT2D eigenvalue weighted by Crippen LogP contribution is -2.41. The number of hydrogen-bond acceptors (Lipinski definition) is 7. The van der Waals surface area contributed by atoms with E-state index in [1.165, 1.54) is 6.20 Å².